The lowest BCUT2D eigenvalue weighted by atomic mass is 10.1. The first-order valence-corrected chi connectivity index (χ1v) is 4.23. The van der Waals surface area contributed by atoms with Gasteiger partial charge in [-0.05, 0) is 24.6 Å². The van der Waals surface area contributed by atoms with Crippen LogP contribution < -0.4 is 11.2 Å². The Morgan fingerprint density at radius 1 is 1.47 bits per heavy atom. The third-order valence-corrected chi connectivity index (χ3v) is 1.77. The number of hydrazone groups is 1. The van der Waals surface area contributed by atoms with E-state index in [1.807, 2.05) is 6.07 Å². The van der Waals surface area contributed by atoms with Crippen molar-refractivity contribution in [1.29, 1.82) is 5.26 Å². The number of carbonyl (C=O) groups is 1. The van der Waals surface area contributed by atoms with Crippen molar-refractivity contribution in [2.75, 3.05) is 0 Å². The van der Waals surface area contributed by atoms with E-state index in [1.165, 1.54) is 0 Å². The lowest BCUT2D eigenvalue weighted by molar-refractivity contribution is 0.249. The van der Waals surface area contributed by atoms with Gasteiger partial charge < -0.3 is 5.73 Å². The maximum atomic E-state index is 10.4. The summed E-state index contributed by atoms with van der Waals surface area (Å²) in [7, 11) is 0. The van der Waals surface area contributed by atoms with Crippen LogP contribution in [0.25, 0.3) is 0 Å². The number of nitrogens with two attached hydrogens (primary N) is 1. The van der Waals surface area contributed by atoms with Gasteiger partial charge in [0.2, 0.25) is 0 Å². The summed E-state index contributed by atoms with van der Waals surface area (Å²) in [4.78, 5) is 10.4. The molecule has 1 aromatic carbocycles. The predicted molar refractivity (Wildman–Crippen MR) is 56.1 cm³/mol. The van der Waals surface area contributed by atoms with Gasteiger partial charge in [0.05, 0.1) is 17.3 Å². The lowest BCUT2D eigenvalue weighted by Gasteiger charge is -2.00. The minimum atomic E-state index is -0.706. The summed E-state index contributed by atoms with van der Waals surface area (Å²) in [6.07, 6.45) is 0. The van der Waals surface area contributed by atoms with Crippen molar-refractivity contribution in [2.24, 2.45) is 10.8 Å². The molecular formula is C10H10N4O. The molecule has 0 heterocycles. The molecule has 5 heteroatoms. The fourth-order valence-corrected chi connectivity index (χ4v) is 0.989. The molecule has 0 aliphatic rings. The Bertz CT molecular complexity index is 428. The van der Waals surface area contributed by atoms with Gasteiger partial charge in [0.25, 0.3) is 0 Å². The smallest absolute Gasteiger partial charge is 0.332 e. The number of hydrogen-bond acceptors (Lipinski definition) is 3. The molecule has 15 heavy (non-hydrogen) atoms. The summed E-state index contributed by atoms with van der Waals surface area (Å²) in [5, 5.41) is 12.3. The number of primary amides is 1. The average Bonchev–Trinajstić information content (AvgIpc) is 2.26. The molecule has 0 unspecified atom stereocenters. The fourth-order valence-electron chi connectivity index (χ4n) is 0.989. The summed E-state index contributed by atoms with van der Waals surface area (Å²) in [5.74, 6) is 0. The number of amides is 2. The van der Waals surface area contributed by atoms with Crippen molar-refractivity contribution < 1.29 is 4.79 Å². The van der Waals surface area contributed by atoms with E-state index in [0.717, 1.165) is 5.56 Å². The van der Waals surface area contributed by atoms with E-state index in [4.69, 9.17) is 11.0 Å². The van der Waals surface area contributed by atoms with Gasteiger partial charge in [0, 0.05) is 0 Å². The van der Waals surface area contributed by atoms with Gasteiger partial charge in [-0.15, -0.1) is 0 Å². The molecule has 0 saturated heterocycles. The maximum absolute atomic E-state index is 10.4. The third-order valence-electron chi connectivity index (χ3n) is 1.77. The summed E-state index contributed by atoms with van der Waals surface area (Å²) in [5.41, 5.74) is 9.02. The Balaban J connectivity index is 2.83. The van der Waals surface area contributed by atoms with Crippen molar-refractivity contribution >= 4 is 11.7 Å². The number of rotatable bonds is 2. The molecule has 0 aliphatic heterocycles. The van der Waals surface area contributed by atoms with Crippen LogP contribution in [0.1, 0.15) is 18.1 Å². The Morgan fingerprint density at radius 3 is 2.53 bits per heavy atom. The van der Waals surface area contributed by atoms with Crippen molar-refractivity contribution in [3.8, 4) is 6.07 Å². The van der Waals surface area contributed by atoms with Crippen LogP contribution in [0.3, 0.4) is 0 Å². The van der Waals surface area contributed by atoms with Crippen molar-refractivity contribution in [1.82, 2.24) is 5.43 Å². The van der Waals surface area contributed by atoms with E-state index in [1.54, 1.807) is 31.2 Å². The third kappa shape index (κ3) is 3.12. The van der Waals surface area contributed by atoms with E-state index >= 15 is 0 Å². The molecule has 5 nitrogen and oxygen atoms in total. The van der Waals surface area contributed by atoms with E-state index in [9.17, 15) is 4.79 Å². The van der Waals surface area contributed by atoms with Crippen LogP contribution >= 0.6 is 0 Å². The molecule has 0 fully saturated rings. The Labute approximate surface area is 87.2 Å². The van der Waals surface area contributed by atoms with Crippen molar-refractivity contribution in [3.05, 3.63) is 35.4 Å². The highest BCUT2D eigenvalue weighted by Gasteiger charge is 1.98. The number of hydrogen-bond donors (Lipinski definition) is 2. The highest BCUT2D eigenvalue weighted by Crippen LogP contribution is 2.04. The molecule has 0 aromatic heterocycles. The molecule has 1 rings (SSSR count). The summed E-state index contributed by atoms with van der Waals surface area (Å²) in [6, 6.07) is 8.17. The monoisotopic (exact) mass is 202 g/mol. The van der Waals surface area contributed by atoms with Crippen LogP contribution in [-0.2, 0) is 0 Å². The number of urea groups is 1. The van der Waals surface area contributed by atoms with Gasteiger partial charge in [0.1, 0.15) is 0 Å². The minimum Gasteiger partial charge on any atom is -0.350 e. The van der Waals surface area contributed by atoms with E-state index in [0.29, 0.717) is 11.3 Å². The second-order valence-corrected chi connectivity index (χ2v) is 2.86. The average molecular weight is 202 g/mol. The van der Waals surface area contributed by atoms with Crippen LogP contribution in [0, 0.1) is 11.3 Å². The molecule has 0 bridgehead atoms. The molecule has 2 amide bonds. The van der Waals surface area contributed by atoms with Crippen LogP contribution in [0.15, 0.2) is 29.4 Å². The molecule has 0 atom stereocenters. The molecule has 3 N–H and O–H groups in total. The Kier molecular flexibility index (Phi) is 3.41. The first-order chi connectivity index (χ1) is 7.13. The Morgan fingerprint density at radius 2 is 2.07 bits per heavy atom. The first-order valence-electron chi connectivity index (χ1n) is 4.23. The van der Waals surface area contributed by atoms with Gasteiger partial charge in [-0.3, -0.25) is 0 Å². The van der Waals surface area contributed by atoms with Crippen LogP contribution in [0.2, 0.25) is 0 Å². The molecule has 0 spiro atoms. The van der Waals surface area contributed by atoms with Crippen molar-refractivity contribution in [3.63, 3.8) is 0 Å². The summed E-state index contributed by atoms with van der Waals surface area (Å²) < 4.78 is 0. The second-order valence-electron chi connectivity index (χ2n) is 2.86. The van der Waals surface area contributed by atoms with E-state index < -0.39 is 6.03 Å². The predicted octanol–water partition coefficient (Wildman–Crippen LogP) is 0.951. The number of nitrogens with zero attached hydrogens (tertiary/aromatic N) is 2. The molecule has 0 radical (unpaired) electrons. The number of nitrogens with one attached hydrogen (secondary N) is 1. The Hall–Kier alpha value is -2.35. The molecule has 1 aromatic rings. The fraction of sp³-hybridized carbons (Fsp3) is 0.100. The van der Waals surface area contributed by atoms with Crippen LogP contribution in [0.5, 0.6) is 0 Å². The zero-order chi connectivity index (χ0) is 11.3. The first kappa shape index (κ1) is 10.7. The van der Waals surface area contributed by atoms with Crippen LogP contribution in [0.4, 0.5) is 4.79 Å². The minimum absolute atomic E-state index is 0.578. The standard InChI is InChI=1S/C10H10N4O/c1-7(13-14-10(12)15)9-4-2-8(6-11)3-5-9/h2-5H,1H3,(H3,12,14,15)/b13-7+. The van der Waals surface area contributed by atoms with Crippen molar-refractivity contribution in [2.45, 2.75) is 6.92 Å². The highest BCUT2D eigenvalue weighted by atomic mass is 16.2. The largest absolute Gasteiger partial charge is 0.350 e. The zero-order valence-corrected chi connectivity index (χ0v) is 8.19. The SMILES string of the molecule is C/C(=N\NC(N)=O)c1ccc(C#N)cc1. The molecule has 76 valence electrons. The number of nitriles is 1. The number of benzene rings is 1. The van der Waals surface area contributed by atoms with E-state index in [2.05, 4.69) is 10.5 Å². The maximum Gasteiger partial charge on any atom is 0.332 e. The van der Waals surface area contributed by atoms with Gasteiger partial charge in [0.15, 0.2) is 0 Å². The topological polar surface area (TPSA) is 91.3 Å². The quantitative estimate of drug-likeness (QED) is 0.552. The summed E-state index contributed by atoms with van der Waals surface area (Å²) in [6.45, 7) is 1.73. The van der Waals surface area contributed by atoms with Gasteiger partial charge in [-0.25, -0.2) is 10.2 Å². The zero-order valence-electron chi connectivity index (χ0n) is 8.19. The second kappa shape index (κ2) is 4.77. The summed E-state index contributed by atoms with van der Waals surface area (Å²) >= 11 is 0. The number of carbonyl (C=O) groups excluding carboxylic acids is 1. The molecule has 0 saturated carbocycles. The lowest BCUT2D eigenvalue weighted by Crippen LogP contribution is -2.25. The normalized spacial score (nSPS) is 10.5. The van der Waals surface area contributed by atoms with E-state index in [-0.39, 0.29) is 0 Å². The van der Waals surface area contributed by atoms with Gasteiger partial charge in [-0.1, -0.05) is 12.1 Å². The van der Waals surface area contributed by atoms with Crippen LogP contribution in [-0.4, -0.2) is 11.7 Å². The van der Waals surface area contributed by atoms with Gasteiger partial charge in [-0.2, -0.15) is 10.4 Å². The molecule has 0 aliphatic carbocycles. The highest BCUT2D eigenvalue weighted by molar-refractivity contribution is 5.99. The van der Waals surface area contributed by atoms with Gasteiger partial charge >= 0.3 is 6.03 Å². The molecular weight excluding hydrogens is 192 g/mol.